The highest BCUT2D eigenvalue weighted by Crippen LogP contribution is 2.17. The van der Waals surface area contributed by atoms with Gasteiger partial charge in [-0.05, 0) is 49.8 Å². The van der Waals surface area contributed by atoms with Gasteiger partial charge in [0.05, 0.1) is 6.10 Å². The van der Waals surface area contributed by atoms with Gasteiger partial charge >= 0.3 is 6.03 Å². The zero-order valence-corrected chi connectivity index (χ0v) is 16.7. The van der Waals surface area contributed by atoms with Crippen LogP contribution in [-0.4, -0.2) is 62.3 Å². The largest absolute Gasteiger partial charge is 0.377 e. The Bertz CT molecular complexity index is 653. The molecule has 0 spiro atoms. The Balaban J connectivity index is 1.39. The van der Waals surface area contributed by atoms with Gasteiger partial charge in [0.25, 0.3) is 0 Å². The number of hydrogen-bond acceptors (Lipinski definition) is 4. The Morgan fingerprint density at radius 3 is 2.75 bits per heavy atom. The van der Waals surface area contributed by atoms with Gasteiger partial charge in [-0.15, -0.1) is 0 Å². The summed E-state index contributed by atoms with van der Waals surface area (Å²) in [6.45, 7) is 3.91. The van der Waals surface area contributed by atoms with Gasteiger partial charge in [0.2, 0.25) is 5.91 Å². The summed E-state index contributed by atoms with van der Waals surface area (Å²) in [6, 6.07) is 7.70. The molecule has 2 aliphatic rings. The highest BCUT2D eigenvalue weighted by molar-refractivity contribution is 5.89. The second-order valence-corrected chi connectivity index (χ2v) is 7.68. The van der Waals surface area contributed by atoms with E-state index in [1.807, 2.05) is 24.3 Å². The van der Waals surface area contributed by atoms with Gasteiger partial charge in [-0.2, -0.15) is 0 Å². The van der Waals surface area contributed by atoms with Crippen LogP contribution in [0.2, 0.25) is 0 Å². The number of rotatable bonds is 7. The highest BCUT2D eigenvalue weighted by Gasteiger charge is 2.24. The van der Waals surface area contributed by atoms with Gasteiger partial charge in [0, 0.05) is 51.4 Å². The number of nitrogens with one attached hydrogen (secondary N) is 3. The molecule has 0 saturated carbocycles. The number of ether oxygens (including phenoxy) is 1. The minimum Gasteiger partial charge on any atom is -0.377 e. The molecule has 3 amide bonds. The summed E-state index contributed by atoms with van der Waals surface area (Å²) in [6.07, 6.45) is 5.76. The van der Waals surface area contributed by atoms with Crippen LogP contribution in [-0.2, 0) is 16.0 Å². The lowest BCUT2D eigenvalue weighted by molar-refractivity contribution is -0.120. The molecule has 1 aromatic carbocycles. The van der Waals surface area contributed by atoms with Crippen molar-refractivity contribution in [2.45, 2.75) is 50.7 Å². The first-order valence-electron chi connectivity index (χ1n) is 10.3. The van der Waals surface area contributed by atoms with Crippen LogP contribution in [0.1, 0.15) is 37.7 Å². The van der Waals surface area contributed by atoms with E-state index in [4.69, 9.17) is 4.74 Å². The maximum atomic E-state index is 12.3. The maximum absolute atomic E-state index is 12.3. The molecule has 7 nitrogen and oxygen atoms in total. The second kappa shape index (κ2) is 10.4. The first-order valence-corrected chi connectivity index (χ1v) is 10.3. The second-order valence-electron chi connectivity index (χ2n) is 7.68. The predicted octanol–water partition coefficient (Wildman–Crippen LogP) is 2.13. The van der Waals surface area contributed by atoms with E-state index in [0.29, 0.717) is 18.9 Å². The van der Waals surface area contributed by atoms with Gasteiger partial charge in [-0.3, -0.25) is 4.79 Å². The van der Waals surface area contributed by atoms with Crippen molar-refractivity contribution in [1.29, 1.82) is 0 Å². The number of likely N-dealkylation sites (tertiary alicyclic amines) is 1. The summed E-state index contributed by atoms with van der Waals surface area (Å²) >= 11 is 0. The van der Waals surface area contributed by atoms with Crippen LogP contribution in [0.5, 0.6) is 0 Å². The summed E-state index contributed by atoms with van der Waals surface area (Å²) in [5.74, 6) is 0.0157. The third kappa shape index (κ3) is 6.49. The number of hydrogen-bond donors (Lipinski definition) is 3. The lowest BCUT2D eigenvalue weighted by Crippen LogP contribution is -2.47. The molecule has 2 heterocycles. The predicted molar refractivity (Wildman–Crippen MR) is 109 cm³/mol. The number of carbonyl (C=O) groups excluding carboxylic acids is 2. The molecule has 0 bridgehead atoms. The molecule has 2 saturated heterocycles. The molecule has 7 heteroatoms. The van der Waals surface area contributed by atoms with E-state index in [1.165, 1.54) is 12.8 Å². The topological polar surface area (TPSA) is 82.7 Å². The highest BCUT2D eigenvalue weighted by atomic mass is 16.5. The van der Waals surface area contributed by atoms with Gasteiger partial charge in [-0.25, -0.2) is 4.79 Å². The molecule has 0 aromatic heterocycles. The van der Waals surface area contributed by atoms with Crippen molar-refractivity contribution in [3.05, 3.63) is 29.8 Å². The minimum absolute atomic E-state index is 0.0157. The number of anilines is 1. The molecule has 2 aliphatic heterocycles. The Labute approximate surface area is 167 Å². The van der Waals surface area contributed by atoms with Gasteiger partial charge in [-0.1, -0.05) is 12.1 Å². The third-order valence-electron chi connectivity index (χ3n) is 5.51. The molecule has 1 aromatic rings. The van der Waals surface area contributed by atoms with E-state index in [-0.39, 0.29) is 18.0 Å². The van der Waals surface area contributed by atoms with Crippen LogP contribution in [0.15, 0.2) is 24.3 Å². The summed E-state index contributed by atoms with van der Waals surface area (Å²) < 4.78 is 5.72. The Morgan fingerprint density at radius 1 is 1.21 bits per heavy atom. The molecular weight excluding hydrogens is 356 g/mol. The lowest BCUT2D eigenvalue weighted by Gasteiger charge is -2.33. The number of carbonyl (C=O) groups is 2. The molecule has 3 rings (SSSR count). The fraction of sp³-hybridized carbons (Fsp3) is 0.619. The van der Waals surface area contributed by atoms with E-state index in [2.05, 4.69) is 20.9 Å². The molecule has 1 atom stereocenters. The fourth-order valence-corrected chi connectivity index (χ4v) is 3.88. The lowest BCUT2D eigenvalue weighted by atomic mass is 10.0. The van der Waals surface area contributed by atoms with Crippen LogP contribution in [0.4, 0.5) is 10.5 Å². The zero-order valence-electron chi connectivity index (χ0n) is 16.7. The Kier molecular flexibility index (Phi) is 7.68. The number of nitrogens with zero attached hydrogens (tertiary/aromatic N) is 1. The van der Waals surface area contributed by atoms with E-state index in [1.54, 1.807) is 7.05 Å². The SMILES string of the molecule is CNC(=O)CCc1cccc(NC(=O)NC2CCN(CC3CCCO3)CC2)c1. The molecule has 1 unspecified atom stereocenters. The minimum atomic E-state index is -0.166. The van der Waals surface area contributed by atoms with Crippen molar-refractivity contribution < 1.29 is 14.3 Å². The van der Waals surface area contributed by atoms with Gasteiger partial charge < -0.3 is 25.6 Å². The molecular formula is C21H32N4O3. The normalized spacial score (nSPS) is 20.7. The van der Waals surface area contributed by atoms with Gasteiger partial charge in [0.1, 0.15) is 0 Å². The molecule has 3 N–H and O–H groups in total. The third-order valence-corrected chi connectivity index (χ3v) is 5.51. The van der Waals surface area contributed by atoms with Crippen LogP contribution in [0.3, 0.4) is 0 Å². The van der Waals surface area contributed by atoms with Crippen LogP contribution in [0.25, 0.3) is 0 Å². The molecule has 0 radical (unpaired) electrons. The van der Waals surface area contributed by atoms with Gasteiger partial charge in [0.15, 0.2) is 0 Å². The summed E-state index contributed by atoms with van der Waals surface area (Å²) in [5.41, 5.74) is 1.78. The number of aryl methyl sites for hydroxylation is 1. The number of benzene rings is 1. The number of piperidine rings is 1. The first kappa shape index (κ1) is 20.6. The quantitative estimate of drug-likeness (QED) is 0.668. The van der Waals surface area contributed by atoms with E-state index in [0.717, 1.165) is 50.3 Å². The zero-order chi connectivity index (χ0) is 19.8. The molecule has 28 heavy (non-hydrogen) atoms. The summed E-state index contributed by atoms with van der Waals surface area (Å²) in [7, 11) is 1.64. The van der Waals surface area contributed by atoms with Crippen molar-refractivity contribution in [3.63, 3.8) is 0 Å². The van der Waals surface area contributed by atoms with Crippen molar-refractivity contribution in [2.24, 2.45) is 0 Å². The van der Waals surface area contributed by atoms with E-state index in [9.17, 15) is 9.59 Å². The van der Waals surface area contributed by atoms with E-state index >= 15 is 0 Å². The summed E-state index contributed by atoms with van der Waals surface area (Å²) in [5, 5.41) is 8.63. The average Bonchev–Trinajstić information content (AvgIpc) is 3.21. The smallest absolute Gasteiger partial charge is 0.319 e. The molecule has 2 fully saturated rings. The number of urea groups is 1. The fourth-order valence-electron chi connectivity index (χ4n) is 3.88. The first-order chi connectivity index (χ1) is 13.6. The van der Waals surface area contributed by atoms with Crippen molar-refractivity contribution in [1.82, 2.24) is 15.5 Å². The van der Waals surface area contributed by atoms with E-state index < -0.39 is 0 Å². The molecule has 0 aliphatic carbocycles. The number of amides is 3. The Hall–Kier alpha value is -2.12. The average molecular weight is 389 g/mol. The van der Waals surface area contributed by atoms with Crippen LogP contribution in [0, 0.1) is 0 Å². The Morgan fingerprint density at radius 2 is 2.04 bits per heavy atom. The summed E-state index contributed by atoms with van der Waals surface area (Å²) in [4.78, 5) is 26.2. The maximum Gasteiger partial charge on any atom is 0.319 e. The van der Waals surface area contributed by atoms with Crippen molar-refractivity contribution in [3.8, 4) is 0 Å². The van der Waals surface area contributed by atoms with Crippen LogP contribution >= 0.6 is 0 Å². The monoisotopic (exact) mass is 388 g/mol. The van der Waals surface area contributed by atoms with Crippen LogP contribution < -0.4 is 16.0 Å². The van der Waals surface area contributed by atoms with Crippen molar-refractivity contribution in [2.75, 3.05) is 38.6 Å². The van der Waals surface area contributed by atoms with Crippen molar-refractivity contribution >= 4 is 17.6 Å². The molecule has 154 valence electrons. The standard InChI is InChI=1S/C21H32N4O3/c1-22-20(26)8-7-16-4-2-5-18(14-16)24-21(27)23-17-9-11-25(12-10-17)15-19-6-3-13-28-19/h2,4-5,14,17,19H,3,6-13,15H2,1H3,(H,22,26)(H2,23,24,27).